The average Bonchev–Trinajstić information content (AvgIpc) is 3.29. The second-order valence-electron chi connectivity index (χ2n) is 6.17. The van der Waals surface area contributed by atoms with Gasteiger partial charge in [0.05, 0.1) is 16.9 Å². The van der Waals surface area contributed by atoms with Crippen LogP contribution in [-0.4, -0.2) is 15.7 Å². The van der Waals surface area contributed by atoms with Crippen molar-refractivity contribution >= 4 is 5.91 Å². The van der Waals surface area contributed by atoms with Crippen molar-refractivity contribution in [1.29, 1.82) is 0 Å². The summed E-state index contributed by atoms with van der Waals surface area (Å²) in [5, 5.41) is 6.81. The smallest absolute Gasteiger partial charge is 0.352 e. The molecule has 0 aliphatic heterocycles. The molecule has 0 unspecified atom stereocenters. The maximum Gasteiger partial charge on any atom is 0.416 e. The Kier molecular flexibility index (Phi) is 4.11. The number of nitrogens with zero attached hydrogens (tertiary/aromatic N) is 2. The van der Waals surface area contributed by atoms with E-state index in [0.717, 1.165) is 30.3 Å². The number of aromatic nitrogens is 2. The number of carbonyl (C=O) groups is 1. The van der Waals surface area contributed by atoms with E-state index in [0.29, 0.717) is 5.69 Å². The normalized spacial score (nSPS) is 14.7. The highest BCUT2D eigenvalue weighted by molar-refractivity contribution is 5.80. The van der Waals surface area contributed by atoms with Gasteiger partial charge in [-0.3, -0.25) is 4.79 Å². The number of hydrogen-bond donors (Lipinski definition) is 1. The van der Waals surface area contributed by atoms with Gasteiger partial charge in [0.15, 0.2) is 0 Å². The van der Waals surface area contributed by atoms with Crippen LogP contribution in [0.2, 0.25) is 0 Å². The average molecular weight is 337 g/mol. The lowest BCUT2D eigenvalue weighted by molar-refractivity contribution is -0.138. The molecule has 1 aliphatic rings. The first-order valence-electron chi connectivity index (χ1n) is 7.77. The minimum atomic E-state index is -4.49. The van der Waals surface area contributed by atoms with E-state index >= 15 is 0 Å². The molecule has 2 aromatic rings. The van der Waals surface area contributed by atoms with Gasteiger partial charge in [-0.1, -0.05) is 6.07 Å². The van der Waals surface area contributed by atoms with Crippen LogP contribution < -0.4 is 5.32 Å². The van der Waals surface area contributed by atoms with Gasteiger partial charge in [-0.15, -0.1) is 0 Å². The minimum Gasteiger partial charge on any atom is -0.352 e. The van der Waals surface area contributed by atoms with Crippen LogP contribution >= 0.6 is 0 Å². The van der Waals surface area contributed by atoms with E-state index < -0.39 is 11.7 Å². The van der Waals surface area contributed by atoms with Gasteiger partial charge in [-0.2, -0.15) is 18.3 Å². The first kappa shape index (κ1) is 16.5. The molecule has 0 spiro atoms. The standard InChI is InChI=1S/C17H18F3N3O/c1-10-7-11(2)23(22-10)14-6-5-13(15(8-14)17(18,19)20)9-21-16(24)12-3-4-12/h5-8,12H,3-4,9H2,1-2H3,(H,21,24). The number of aryl methyl sites for hydroxylation is 2. The lowest BCUT2D eigenvalue weighted by atomic mass is 10.1. The van der Waals surface area contributed by atoms with Crippen LogP contribution in [0.3, 0.4) is 0 Å². The third-order valence-corrected chi connectivity index (χ3v) is 4.05. The Labute approximate surface area is 137 Å². The molecule has 1 aromatic heterocycles. The van der Waals surface area contributed by atoms with Gasteiger partial charge in [-0.25, -0.2) is 4.68 Å². The zero-order valence-electron chi connectivity index (χ0n) is 13.4. The molecule has 4 nitrogen and oxygen atoms in total. The van der Waals surface area contributed by atoms with E-state index in [9.17, 15) is 18.0 Å². The summed E-state index contributed by atoms with van der Waals surface area (Å²) < 4.78 is 41.7. The van der Waals surface area contributed by atoms with Crippen molar-refractivity contribution in [3.05, 3.63) is 46.8 Å². The van der Waals surface area contributed by atoms with Crippen LogP contribution in [0.5, 0.6) is 0 Å². The Bertz CT molecular complexity index is 776. The molecule has 1 saturated carbocycles. The van der Waals surface area contributed by atoms with Crippen molar-refractivity contribution < 1.29 is 18.0 Å². The molecule has 1 N–H and O–H groups in total. The summed E-state index contributed by atoms with van der Waals surface area (Å²) >= 11 is 0. The molecule has 3 rings (SSSR count). The van der Waals surface area contributed by atoms with E-state index in [-0.39, 0.29) is 23.9 Å². The Morgan fingerprint density at radius 3 is 2.54 bits per heavy atom. The van der Waals surface area contributed by atoms with Crippen LogP contribution in [0.4, 0.5) is 13.2 Å². The van der Waals surface area contributed by atoms with Gasteiger partial charge in [-0.05, 0) is 50.5 Å². The summed E-state index contributed by atoms with van der Waals surface area (Å²) in [6.45, 7) is 3.45. The molecular formula is C17H18F3N3O. The molecule has 1 fully saturated rings. The molecule has 1 aromatic carbocycles. The van der Waals surface area contributed by atoms with Gasteiger partial charge < -0.3 is 5.32 Å². The largest absolute Gasteiger partial charge is 0.416 e. The molecule has 128 valence electrons. The van der Waals surface area contributed by atoms with E-state index in [1.54, 1.807) is 26.0 Å². The van der Waals surface area contributed by atoms with Crippen molar-refractivity contribution in [3.8, 4) is 5.69 Å². The lowest BCUT2D eigenvalue weighted by Gasteiger charge is -2.16. The van der Waals surface area contributed by atoms with Crippen molar-refractivity contribution in [2.24, 2.45) is 5.92 Å². The van der Waals surface area contributed by atoms with E-state index in [2.05, 4.69) is 10.4 Å². The van der Waals surface area contributed by atoms with E-state index in [1.165, 1.54) is 10.7 Å². The molecule has 1 amide bonds. The highest BCUT2D eigenvalue weighted by Gasteiger charge is 2.34. The number of nitrogens with one attached hydrogen (secondary N) is 1. The summed E-state index contributed by atoms with van der Waals surface area (Å²) in [6.07, 6.45) is -2.87. The fourth-order valence-corrected chi connectivity index (χ4v) is 2.68. The van der Waals surface area contributed by atoms with Crippen molar-refractivity contribution in [3.63, 3.8) is 0 Å². The monoisotopic (exact) mass is 337 g/mol. The summed E-state index contributed by atoms with van der Waals surface area (Å²) in [5.41, 5.74) is 1.16. The lowest BCUT2D eigenvalue weighted by Crippen LogP contribution is -2.25. The van der Waals surface area contributed by atoms with Gasteiger partial charge in [0.25, 0.3) is 0 Å². The maximum absolute atomic E-state index is 13.4. The number of amides is 1. The number of hydrogen-bond acceptors (Lipinski definition) is 2. The summed E-state index contributed by atoms with van der Waals surface area (Å²) in [5.74, 6) is -0.209. The molecule has 0 bridgehead atoms. The van der Waals surface area contributed by atoms with Crippen molar-refractivity contribution in [2.75, 3.05) is 0 Å². The maximum atomic E-state index is 13.4. The molecule has 0 radical (unpaired) electrons. The number of halogens is 3. The van der Waals surface area contributed by atoms with Crippen molar-refractivity contribution in [1.82, 2.24) is 15.1 Å². The topological polar surface area (TPSA) is 46.9 Å². The van der Waals surface area contributed by atoms with E-state index in [4.69, 9.17) is 0 Å². The Morgan fingerprint density at radius 2 is 2.00 bits per heavy atom. The molecule has 1 heterocycles. The van der Waals surface area contributed by atoms with Crippen molar-refractivity contribution in [2.45, 2.75) is 39.4 Å². The first-order valence-corrected chi connectivity index (χ1v) is 7.77. The zero-order valence-corrected chi connectivity index (χ0v) is 13.4. The second-order valence-corrected chi connectivity index (χ2v) is 6.17. The van der Waals surface area contributed by atoms with Gasteiger partial charge in [0, 0.05) is 18.2 Å². The molecular weight excluding hydrogens is 319 g/mol. The van der Waals surface area contributed by atoms with Gasteiger partial charge in [0.2, 0.25) is 5.91 Å². The quantitative estimate of drug-likeness (QED) is 0.928. The predicted molar refractivity (Wildman–Crippen MR) is 82.6 cm³/mol. The Morgan fingerprint density at radius 1 is 1.29 bits per heavy atom. The van der Waals surface area contributed by atoms with Gasteiger partial charge in [0.1, 0.15) is 0 Å². The summed E-state index contributed by atoms with van der Waals surface area (Å²) in [6, 6.07) is 5.88. The third kappa shape index (κ3) is 3.44. The number of carbonyl (C=O) groups excluding carboxylic acids is 1. The first-order chi connectivity index (χ1) is 11.3. The van der Waals surface area contributed by atoms with Crippen LogP contribution in [0.1, 0.15) is 35.4 Å². The second kappa shape index (κ2) is 5.96. The fourth-order valence-electron chi connectivity index (χ4n) is 2.68. The SMILES string of the molecule is Cc1cc(C)n(-c2ccc(CNC(=O)C3CC3)c(C(F)(F)F)c2)n1. The Hall–Kier alpha value is -2.31. The van der Waals surface area contributed by atoms with Crippen LogP contribution in [0.15, 0.2) is 24.3 Å². The van der Waals surface area contributed by atoms with E-state index in [1.807, 2.05) is 0 Å². The molecule has 7 heteroatoms. The zero-order chi connectivity index (χ0) is 17.5. The third-order valence-electron chi connectivity index (χ3n) is 4.05. The Balaban J connectivity index is 1.91. The minimum absolute atomic E-state index is 0.0340. The molecule has 24 heavy (non-hydrogen) atoms. The summed E-state index contributed by atoms with van der Waals surface area (Å²) in [4.78, 5) is 11.7. The highest BCUT2D eigenvalue weighted by atomic mass is 19.4. The number of alkyl halides is 3. The highest BCUT2D eigenvalue weighted by Crippen LogP contribution is 2.34. The molecule has 0 saturated heterocycles. The van der Waals surface area contributed by atoms with Crippen LogP contribution in [0.25, 0.3) is 5.69 Å². The molecule has 0 atom stereocenters. The number of rotatable bonds is 4. The van der Waals surface area contributed by atoms with Gasteiger partial charge >= 0.3 is 6.18 Å². The number of benzene rings is 1. The van der Waals surface area contributed by atoms with Crippen LogP contribution in [-0.2, 0) is 17.5 Å². The fraction of sp³-hybridized carbons (Fsp3) is 0.412. The predicted octanol–water partition coefficient (Wildman–Crippen LogP) is 3.53. The summed E-state index contributed by atoms with van der Waals surface area (Å²) in [7, 11) is 0. The molecule has 1 aliphatic carbocycles. The van der Waals surface area contributed by atoms with Crippen LogP contribution in [0, 0.1) is 19.8 Å².